The number of hydrogen-bond donors (Lipinski definition) is 2. The minimum atomic E-state index is -1.06. The van der Waals surface area contributed by atoms with E-state index in [4.69, 9.17) is 36.0 Å². The van der Waals surface area contributed by atoms with Crippen molar-refractivity contribution >= 4 is 46.6 Å². The van der Waals surface area contributed by atoms with Crippen LogP contribution in [0.2, 0.25) is 5.02 Å². The van der Waals surface area contributed by atoms with Crippen LogP contribution in [0.1, 0.15) is 29.7 Å². The molecular formula is C30H26ClNO7. The fourth-order valence-corrected chi connectivity index (χ4v) is 3.84. The van der Waals surface area contributed by atoms with Gasteiger partial charge in [-0.15, -0.1) is 0 Å². The summed E-state index contributed by atoms with van der Waals surface area (Å²) >= 11 is 6.10. The Bertz CT molecular complexity index is 1500. The van der Waals surface area contributed by atoms with E-state index in [1.54, 1.807) is 24.3 Å². The molecule has 0 amide bonds. The van der Waals surface area contributed by atoms with Crippen LogP contribution in [0.15, 0.2) is 72.8 Å². The van der Waals surface area contributed by atoms with Crippen LogP contribution in [-0.4, -0.2) is 40.3 Å². The topological polar surface area (TPSA) is 115 Å². The molecule has 0 aliphatic heterocycles. The molecule has 0 aliphatic carbocycles. The lowest BCUT2D eigenvalue weighted by Gasteiger charge is -2.14. The third-order valence-corrected chi connectivity index (χ3v) is 5.77. The molecule has 9 heteroatoms. The first-order chi connectivity index (χ1) is 18.9. The van der Waals surface area contributed by atoms with E-state index in [0.717, 1.165) is 27.7 Å². The molecule has 1 heterocycles. The predicted molar refractivity (Wildman–Crippen MR) is 148 cm³/mol. The van der Waals surface area contributed by atoms with Gasteiger partial charge in [0.1, 0.15) is 12.4 Å². The van der Waals surface area contributed by atoms with Gasteiger partial charge in [0.15, 0.2) is 18.1 Å². The molecule has 0 spiro atoms. The first-order valence-corrected chi connectivity index (χ1v) is 12.5. The summed E-state index contributed by atoms with van der Waals surface area (Å²) in [5.41, 5.74) is 3.18. The van der Waals surface area contributed by atoms with Crippen LogP contribution in [0.3, 0.4) is 0 Å². The lowest BCUT2D eigenvalue weighted by molar-refractivity contribution is -0.139. The highest BCUT2D eigenvalue weighted by atomic mass is 35.5. The highest BCUT2D eigenvalue weighted by molar-refractivity contribution is 6.31. The highest BCUT2D eigenvalue weighted by Gasteiger charge is 2.09. The van der Waals surface area contributed by atoms with Crippen molar-refractivity contribution in [1.82, 2.24) is 4.98 Å². The minimum Gasteiger partial charge on any atom is -0.490 e. The summed E-state index contributed by atoms with van der Waals surface area (Å²) in [5, 5.41) is 19.4. The number of halogens is 1. The van der Waals surface area contributed by atoms with E-state index in [1.807, 2.05) is 60.7 Å². The van der Waals surface area contributed by atoms with Crippen LogP contribution in [0.5, 0.6) is 17.2 Å². The molecule has 0 bridgehead atoms. The Balaban J connectivity index is 1.49. The molecule has 4 aromatic rings. The SMILES string of the molecule is O=C(O)CCCOc1cc(C=Cc2ccc3ccc(Cl)cc3n2)ccc1OCc1cccc(OCC(=O)O)c1. The number of aliphatic carboxylic acids is 2. The van der Waals surface area contributed by atoms with Crippen molar-refractivity contribution in [3.05, 3.63) is 94.6 Å². The highest BCUT2D eigenvalue weighted by Crippen LogP contribution is 2.31. The van der Waals surface area contributed by atoms with Gasteiger partial charge in [0.05, 0.1) is 17.8 Å². The number of benzene rings is 3. The number of rotatable bonds is 13. The van der Waals surface area contributed by atoms with Crippen LogP contribution in [0.4, 0.5) is 0 Å². The average molecular weight is 548 g/mol. The second-order valence-corrected chi connectivity index (χ2v) is 9.01. The molecule has 0 fully saturated rings. The van der Waals surface area contributed by atoms with Gasteiger partial charge in [0.25, 0.3) is 0 Å². The van der Waals surface area contributed by atoms with Crippen LogP contribution in [0, 0.1) is 0 Å². The molecule has 0 radical (unpaired) electrons. The molecule has 1 aromatic heterocycles. The number of ether oxygens (including phenoxy) is 3. The zero-order chi connectivity index (χ0) is 27.6. The number of carbonyl (C=O) groups is 2. The van der Waals surface area contributed by atoms with Crippen molar-refractivity contribution in [3.63, 3.8) is 0 Å². The quantitative estimate of drug-likeness (QED) is 0.186. The molecule has 0 unspecified atom stereocenters. The van der Waals surface area contributed by atoms with E-state index in [1.165, 1.54) is 0 Å². The molecule has 0 aliphatic rings. The number of hydrogen-bond acceptors (Lipinski definition) is 6. The molecule has 200 valence electrons. The molecule has 4 rings (SSSR count). The van der Waals surface area contributed by atoms with E-state index >= 15 is 0 Å². The van der Waals surface area contributed by atoms with Crippen molar-refractivity contribution < 1.29 is 34.0 Å². The summed E-state index contributed by atoms with van der Waals surface area (Å²) in [6, 6.07) is 21.9. The monoisotopic (exact) mass is 547 g/mol. The Morgan fingerprint density at radius 3 is 2.51 bits per heavy atom. The maximum atomic E-state index is 10.9. The van der Waals surface area contributed by atoms with Crippen molar-refractivity contribution in [1.29, 1.82) is 0 Å². The Morgan fingerprint density at radius 1 is 0.846 bits per heavy atom. The molecule has 0 saturated carbocycles. The second kappa shape index (κ2) is 13.3. The molecule has 3 aromatic carbocycles. The third kappa shape index (κ3) is 8.48. The largest absolute Gasteiger partial charge is 0.490 e. The molecule has 39 heavy (non-hydrogen) atoms. The summed E-state index contributed by atoms with van der Waals surface area (Å²) in [4.78, 5) is 26.3. The Hall–Kier alpha value is -4.56. The van der Waals surface area contributed by atoms with Gasteiger partial charge in [0.2, 0.25) is 0 Å². The predicted octanol–water partition coefficient (Wildman–Crippen LogP) is 6.34. The van der Waals surface area contributed by atoms with E-state index in [9.17, 15) is 9.59 Å². The van der Waals surface area contributed by atoms with Gasteiger partial charge in [-0.05, 0) is 66.1 Å². The fraction of sp³-hybridized carbons (Fsp3) is 0.167. The van der Waals surface area contributed by atoms with Gasteiger partial charge in [0, 0.05) is 16.8 Å². The van der Waals surface area contributed by atoms with Gasteiger partial charge in [-0.2, -0.15) is 0 Å². The van der Waals surface area contributed by atoms with E-state index in [-0.39, 0.29) is 19.6 Å². The number of carboxylic acid groups (broad SMARTS) is 2. The lowest BCUT2D eigenvalue weighted by atomic mass is 10.1. The van der Waals surface area contributed by atoms with Crippen LogP contribution in [-0.2, 0) is 16.2 Å². The summed E-state index contributed by atoms with van der Waals surface area (Å²) in [5.74, 6) is -0.567. The maximum Gasteiger partial charge on any atom is 0.341 e. The minimum absolute atomic E-state index is 0.00340. The third-order valence-electron chi connectivity index (χ3n) is 5.54. The Labute approximate surface area is 230 Å². The standard InChI is InChI=1S/C30H26ClNO7/c31-23-10-8-22-9-12-24(32-26(22)17-23)11-6-20-7-13-27(28(16-20)37-14-2-5-29(33)34)39-18-21-3-1-4-25(15-21)38-19-30(35)36/h1,3-4,6-13,15-17H,2,5,14,18-19H2,(H,33,34)(H,35,36). The lowest BCUT2D eigenvalue weighted by Crippen LogP contribution is -2.09. The van der Waals surface area contributed by atoms with Crippen LogP contribution < -0.4 is 14.2 Å². The smallest absolute Gasteiger partial charge is 0.341 e. The Kier molecular flexibility index (Phi) is 9.37. The number of nitrogens with zero attached hydrogens (tertiary/aromatic N) is 1. The molecule has 8 nitrogen and oxygen atoms in total. The zero-order valence-electron chi connectivity index (χ0n) is 20.9. The normalized spacial score (nSPS) is 11.0. The van der Waals surface area contributed by atoms with Gasteiger partial charge < -0.3 is 24.4 Å². The molecule has 0 saturated heterocycles. The Morgan fingerprint density at radius 2 is 1.69 bits per heavy atom. The number of aromatic nitrogens is 1. The second-order valence-electron chi connectivity index (χ2n) is 8.58. The maximum absolute atomic E-state index is 10.9. The van der Waals surface area contributed by atoms with Crippen molar-refractivity contribution in [3.8, 4) is 17.2 Å². The summed E-state index contributed by atoms with van der Waals surface area (Å²) < 4.78 is 17.1. The fourth-order valence-electron chi connectivity index (χ4n) is 3.68. The molecule has 2 N–H and O–H groups in total. The first kappa shape index (κ1) is 27.5. The summed E-state index contributed by atoms with van der Waals surface area (Å²) in [6.45, 7) is -0.0358. The number of fused-ring (bicyclic) bond motifs is 1. The van der Waals surface area contributed by atoms with Crippen molar-refractivity contribution in [2.24, 2.45) is 0 Å². The summed E-state index contributed by atoms with van der Waals surface area (Å²) in [6.07, 6.45) is 4.13. The van der Waals surface area contributed by atoms with Gasteiger partial charge in [-0.1, -0.05) is 48.0 Å². The van der Waals surface area contributed by atoms with Crippen LogP contribution >= 0.6 is 11.6 Å². The van der Waals surface area contributed by atoms with Crippen molar-refractivity contribution in [2.75, 3.05) is 13.2 Å². The number of pyridine rings is 1. The molecule has 0 atom stereocenters. The van der Waals surface area contributed by atoms with Gasteiger partial charge in [-0.3, -0.25) is 4.79 Å². The van der Waals surface area contributed by atoms with Crippen LogP contribution in [0.25, 0.3) is 23.1 Å². The van der Waals surface area contributed by atoms with Gasteiger partial charge >= 0.3 is 11.9 Å². The van der Waals surface area contributed by atoms with E-state index in [2.05, 4.69) is 4.98 Å². The average Bonchev–Trinajstić information content (AvgIpc) is 2.92. The van der Waals surface area contributed by atoms with E-state index in [0.29, 0.717) is 28.7 Å². The summed E-state index contributed by atoms with van der Waals surface area (Å²) in [7, 11) is 0. The van der Waals surface area contributed by atoms with Gasteiger partial charge in [-0.25, -0.2) is 9.78 Å². The van der Waals surface area contributed by atoms with Crippen molar-refractivity contribution in [2.45, 2.75) is 19.4 Å². The first-order valence-electron chi connectivity index (χ1n) is 12.1. The molecular weight excluding hydrogens is 522 g/mol. The zero-order valence-corrected chi connectivity index (χ0v) is 21.6. The number of carboxylic acids is 2. The van der Waals surface area contributed by atoms with E-state index < -0.39 is 18.5 Å².